The van der Waals surface area contributed by atoms with Crippen LogP contribution in [-0.2, 0) is 9.53 Å². The van der Waals surface area contributed by atoms with Crippen LogP contribution in [-0.4, -0.2) is 42.3 Å². The zero-order chi connectivity index (χ0) is 13.1. The molecule has 0 unspecified atom stereocenters. The van der Waals surface area contributed by atoms with Gasteiger partial charge in [0.05, 0.1) is 13.0 Å². The summed E-state index contributed by atoms with van der Waals surface area (Å²) in [6.45, 7) is 3.99. The van der Waals surface area contributed by atoms with Crippen LogP contribution in [0.1, 0.15) is 33.1 Å². The Morgan fingerprint density at radius 3 is 2.71 bits per heavy atom. The smallest absolute Gasteiger partial charge is 0.390 e. The van der Waals surface area contributed by atoms with Crippen LogP contribution >= 0.6 is 0 Å². The van der Waals surface area contributed by atoms with Crippen LogP contribution in [0.2, 0.25) is 0 Å². The first-order valence-electron chi connectivity index (χ1n) is 5.84. The van der Waals surface area contributed by atoms with Gasteiger partial charge in [0.2, 0.25) is 0 Å². The molecular weight excluding hydrogens is 235 g/mol. The predicted octanol–water partition coefficient (Wildman–Crippen LogP) is 2.35. The lowest BCUT2D eigenvalue weighted by Crippen LogP contribution is -2.44. The maximum atomic E-state index is 12.3. The minimum absolute atomic E-state index is 0.261. The van der Waals surface area contributed by atoms with Crippen LogP contribution < -0.4 is 0 Å². The molecule has 1 heterocycles. The van der Waals surface area contributed by atoms with Gasteiger partial charge in [0, 0.05) is 6.04 Å². The normalized spacial score (nSPS) is 23.7. The van der Waals surface area contributed by atoms with Crippen LogP contribution in [0.4, 0.5) is 13.2 Å². The molecule has 3 nitrogen and oxygen atoms in total. The van der Waals surface area contributed by atoms with Gasteiger partial charge in [-0.05, 0) is 33.2 Å². The number of carbonyl (C=O) groups excluding carboxylic acids is 1. The van der Waals surface area contributed by atoms with Crippen LogP contribution in [0, 0.1) is 0 Å². The Morgan fingerprint density at radius 1 is 1.53 bits per heavy atom. The van der Waals surface area contributed by atoms with Crippen LogP contribution in [0.5, 0.6) is 0 Å². The number of hydrogen-bond donors (Lipinski definition) is 0. The number of nitrogens with zero attached hydrogens (tertiary/aromatic N) is 1. The molecule has 0 N–H and O–H groups in total. The summed E-state index contributed by atoms with van der Waals surface area (Å²) in [6, 6.07) is -1.18. The molecule has 2 atom stereocenters. The number of alkyl halides is 3. The van der Waals surface area contributed by atoms with Gasteiger partial charge in [0.15, 0.2) is 0 Å². The van der Waals surface area contributed by atoms with E-state index in [-0.39, 0.29) is 6.61 Å². The molecule has 0 spiro atoms. The molecule has 0 aromatic carbocycles. The van der Waals surface area contributed by atoms with Crippen molar-refractivity contribution in [3.05, 3.63) is 0 Å². The van der Waals surface area contributed by atoms with E-state index >= 15 is 0 Å². The molecule has 0 amide bonds. The summed E-state index contributed by atoms with van der Waals surface area (Å²) in [7, 11) is 0. The standard InChI is InChI=1S/C11H18F3NO2/c1-3-17-10(16)9-5-4-6-15(9)8(2)7-11(12,13)14/h8-9H,3-7H2,1-2H3/t8-,9-/m1/s1. The predicted molar refractivity (Wildman–Crippen MR) is 56.5 cm³/mol. The molecule has 1 saturated heterocycles. The van der Waals surface area contributed by atoms with Crippen molar-refractivity contribution in [2.45, 2.75) is 51.4 Å². The highest BCUT2D eigenvalue weighted by molar-refractivity contribution is 5.76. The SMILES string of the molecule is CCOC(=O)[C@H]1CCCN1[C@H](C)CC(F)(F)F. The van der Waals surface area contributed by atoms with Gasteiger partial charge >= 0.3 is 12.1 Å². The van der Waals surface area contributed by atoms with Crippen molar-refractivity contribution < 1.29 is 22.7 Å². The van der Waals surface area contributed by atoms with Gasteiger partial charge in [-0.15, -0.1) is 0 Å². The van der Waals surface area contributed by atoms with E-state index in [2.05, 4.69) is 0 Å². The van der Waals surface area contributed by atoms with Gasteiger partial charge in [-0.2, -0.15) is 13.2 Å². The molecule has 0 saturated carbocycles. The Hall–Kier alpha value is -0.780. The Morgan fingerprint density at radius 2 is 2.18 bits per heavy atom. The highest BCUT2D eigenvalue weighted by atomic mass is 19.4. The molecule has 1 aliphatic rings. The van der Waals surface area contributed by atoms with Crippen molar-refractivity contribution in [3.63, 3.8) is 0 Å². The highest BCUT2D eigenvalue weighted by Gasteiger charge is 2.39. The molecule has 0 radical (unpaired) electrons. The van der Waals surface area contributed by atoms with Crippen molar-refractivity contribution in [2.24, 2.45) is 0 Å². The Balaban J connectivity index is 2.59. The summed E-state index contributed by atoms with van der Waals surface area (Å²) >= 11 is 0. The van der Waals surface area contributed by atoms with Gasteiger partial charge in [-0.3, -0.25) is 9.69 Å². The van der Waals surface area contributed by atoms with Gasteiger partial charge in [0.25, 0.3) is 0 Å². The molecule has 17 heavy (non-hydrogen) atoms. The molecule has 0 bridgehead atoms. The average molecular weight is 253 g/mol. The van der Waals surface area contributed by atoms with Gasteiger partial charge in [-0.25, -0.2) is 0 Å². The van der Waals surface area contributed by atoms with E-state index in [4.69, 9.17) is 4.74 Å². The van der Waals surface area contributed by atoms with Crippen molar-refractivity contribution >= 4 is 5.97 Å². The topological polar surface area (TPSA) is 29.5 Å². The average Bonchev–Trinajstić information content (AvgIpc) is 2.63. The summed E-state index contributed by atoms with van der Waals surface area (Å²) in [5.41, 5.74) is 0. The van der Waals surface area contributed by atoms with Crippen molar-refractivity contribution in [3.8, 4) is 0 Å². The number of likely N-dealkylation sites (tertiary alicyclic amines) is 1. The molecule has 1 aliphatic heterocycles. The Labute approximate surface area is 98.9 Å². The second-order valence-corrected chi connectivity index (χ2v) is 4.32. The third-order valence-electron chi connectivity index (χ3n) is 2.95. The molecule has 1 fully saturated rings. The maximum Gasteiger partial charge on any atom is 0.390 e. The molecule has 1 rings (SSSR count). The van der Waals surface area contributed by atoms with E-state index in [0.717, 1.165) is 6.42 Å². The Kier molecular flexibility index (Phi) is 4.80. The first kappa shape index (κ1) is 14.3. The number of carbonyl (C=O) groups is 1. The third kappa shape index (κ3) is 4.18. The van der Waals surface area contributed by atoms with Crippen LogP contribution in [0.3, 0.4) is 0 Å². The molecule has 0 aromatic rings. The van der Waals surface area contributed by atoms with Gasteiger partial charge in [-0.1, -0.05) is 0 Å². The lowest BCUT2D eigenvalue weighted by molar-refractivity contribution is -0.157. The maximum absolute atomic E-state index is 12.3. The number of rotatable bonds is 4. The van der Waals surface area contributed by atoms with Crippen molar-refractivity contribution in [2.75, 3.05) is 13.2 Å². The first-order valence-corrected chi connectivity index (χ1v) is 5.84. The molecular formula is C11H18F3NO2. The largest absolute Gasteiger partial charge is 0.465 e. The second kappa shape index (κ2) is 5.71. The summed E-state index contributed by atoms with van der Waals surface area (Å²) in [5, 5.41) is 0. The van der Waals surface area contributed by atoms with Crippen LogP contribution in [0.25, 0.3) is 0 Å². The lowest BCUT2D eigenvalue weighted by Gasteiger charge is -2.29. The quantitative estimate of drug-likeness (QED) is 0.720. The fourth-order valence-electron chi connectivity index (χ4n) is 2.26. The van der Waals surface area contributed by atoms with E-state index in [1.807, 2.05) is 0 Å². The minimum Gasteiger partial charge on any atom is -0.465 e. The molecule has 6 heteroatoms. The number of esters is 1. The Bertz CT molecular complexity index is 268. The summed E-state index contributed by atoms with van der Waals surface area (Å²) in [4.78, 5) is 13.2. The van der Waals surface area contributed by atoms with E-state index < -0.39 is 30.7 Å². The molecule has 0 aliphatic carbocycles. The third-order valence-corrected chi connectivity index (χ3v) is 2.95. The summed E-state index contributed by atoms with van der Waals surface area (Å²) in [5.74, 6) is -0.404. The van der Waals surface area contributed by atoms with Gasteiger partial charge in [0.1, 0.15) is 6.04 Å². The molecule has 100 valence electrons. The van der Waals surface area contributed by atoms with Crippen molar-refractivity contribution in [1.82, 2.24) is 4.90 Å². The van der Waals surface area contributed by atoms with Gasteiger partial charge < -0.3 is 4.74 Å². The monoisotopic (exact) mass is 253 g/mol. The van der Waals surface area contributed by atoms with Crippen LogP contribution in [0.15, 0.2) is 0 Å². The van der Waals surface area contributed by atoms with E-state index in [1.54, 1.807) is 11.8 Å². The number of halogens is 3. The van der Waals surface area contributed by atoms with E-state index in [0.29, 0.717) is 13.0 Å². The van der Waals surface area contributed by atoms with Crippen molar-refractivity contribution in [1.29, 1.82) is 0 Å². The number of hydrogen-bond acceptors (Lipinski definition) is 3. The van der Waals surface area contributed by atoms with E-state index in [9.17, 15) is 18.0 Å². The zero-order valence-electron chi connectivity index (χ0n) is 10.1. The highest BCUT2D eigenvalue weighted by Crippen LogP contribution is 2.28. The fraction of sp³-hybridized carbons (Fsp3) is 0.909. The summed E-state index contributed by atoms with van der Waals surface area (Å²) < 4.78 is 41.8. The lowest BCUT2D eigenvalue weighted by atomic mass is 10.1. The summed E-state index contributed by atoms with van der Waals surface area (Å²) in [6.07, 6.45) is -3.75. The second-order valence-electron chi connectivity index (χ2n) is 4.32. The van der Waals surface area contributed by atoms with E-state index in [1.165, 1.54) is 6.92 Å². The fourth-order valence-corrected chi connectivity index (χ4v) is 2.26. The minimum atomic E-state index is -4.19. The molecule has 0 aromatic heterocycles. The zero-order valence-corrected chi connectivity index (χ0v) is 10.1. The first-order chi connectivity index (χ1) is 7.85. The number of ether oxygens (including phenoxy) is 1.